The molecule has 0 fully saturated rings. The molecule has 0 bridgehead atoms. The first-order valence-corrected chi connectivity index (χ1v) is 10.6. The molecule has 1 amide bonds. The number of carbonyl (C=O) groups excluding carboxylic acids is 1. The normalized spacial score (nSPS) is 11.7. The van der Waals surface area contributed by atoms with Gasteiger partial charge in [0.15, 0.2) is 0 Å². The predicted octanol–water partition coefficient (Wildman–Crippen LogP) is 3.21. The van der Waals surface area contributed by atoms with Crippen LogP contribution in [0.25, 0.3) is 0 Å². The van der Waals surface area contributed by atoms with Crippen LogP contribution in [0.4, 0.5) is 0 Å². The highest BCUT2D eigenvalue weighted by Gasteiger charge is 2.26. The van der Waals surface area contributed by atoms with Crippen LogP contribution in [0.1, 0.15) is 19.4 Å². The van der Waals surface area contributed by atoms with Gasteiger partial charge in [0, 0.05) is 17.1 Å². The minimum Gasteiger partial charge on any atom is -0.353 e. The van der Waals surface area contributed by atoms with Gasteiger partial charge in [-0.1, -0.05) is 46.3 Å². The van der Waals surface area contributed by atoms with E-state index in [4.69, 9.17) is 0 Å². The lowest BCUT2D eigenvalue weighted by molar-refractivity contribution is -0.121. The fourth-order valence-corrected chi connectivity index (χ4v) is 4.13. The second-order valence-electron chi connectivity index (χ2n) is 6.25. The Kier molecular flexibility index (Phi) is 7.37. The van der Waals surface area contributed by atoms with E-state index in [0.717, 1.165) is 10.0 Å². The van der Waals surface area contributed by atoms with E-state index >= 15 is 0 Å². The highest BCUT2D eigenvalue weighted by Crippen LogP contribution is 2.19. The third-order valence-corrected chi connectivity index (χ3v) is 6.10. The maximum absolute atomic E-state index is 13.0. The predicted molar refractivity (Wildman–Crippen MR) is 106 cm³/mol. The summed E-state index contributed by atoms with van der Waals surface area (Å²) in [4.78, 5) is 12.4. The molecule has 0 aliphatic carbocycles. The van der Waals surface area contributed by atoms with Gasteiger partial charge in [-0.05, 0) is 50.1 Å². The molecule has 0 spiro atoms. The molecule has 2 rings (SSSR count). The summed E-state index contributed by atoms with van der Waals surface area (Å²) in [6.07, 6.45) is 0.533. The fraction of sp³-hybridized carbons (Fsp3) is 0.316. The second-order valence-corrected chi connectivity index (χ2v) is 9.10. The molecule has 140 valence electrons. The molecule has 1 N–H and O–H groups in total. The number of nitrogens with zero attached hydrogens (tertiary/aromatic N) is 1. The molecule has 0 aliphatic heterocycles. The summed E-state index contributed by atoms with van der Waals surface area (Å²) in [6.45, 7) is 3.71. The van der Waals surface area contributed by atoms with Crippen molar-refractivity contribution in [2.75, 3.05) is 13.1 Å². The van der Waals surface area contributed by atoms with Gasteiger partial charge < -0.3 is 5.32 Å². The number of rotatable bonds is 8. The van der Waals surface area contributed by atoms with Gasteiger partial charge in [0.25, 0.3) is 0 Å². The van der Waals surface area contributed by atoms with Crippen molar-refractivity contribution >= 4 is 31.9 Å². The van der Waals surface area contributed by atoms with E-state index in [2.05, 4.69) is 21.2 Å². The molecule has 2 aromatic carbocycles. The van der Waals surface area contributed by atoms with Crippen LogP contribution in [0, 0.1) is 0 Å². The van der Waals surface area contributed by atoms with Gasteiger partial charge in [-0.25, -0.2) is 8.42 Å². The van der Waals surface area contributed by atoms with Crippen LogP contribution >= 0.6 is 15.9 Å². The van der Waals surface area contributed by atoms with E-state index in [1.165, 1.54) is 16.4 Å². The molecule has 2 aromatic rings. The Morgan fingerprint density at radius 3 is 2.27 bits per heavy atom. The molecule has 0 heterocycles. The highest BCUT2D eigenvalue weighted by atomic mass is 79.9. The standard InChI is InChI=1S/C19H23BrN2O3S/c1-15(2)21-19(23)14-22(13-12-16-6-4-3-5-7-16)26(24,25)18-10-8-17(20)9-11-18/h3-11,15H,12-14H2,1-2H3,(H,21,23). The lowest BCUT2D eigenvalue weighted by Crippen LogP contribution is -2.43. The van der Waals surface area contributed by atoms with Crippen molar-refractivity contribution in [1.29, 1.82) is 0 Å². The zero-order valence-corrected chi connectivity index (χ0v) is 17.3. The summed E-state index contributed by atoms with van der Waals surface area (Å²) < 4.78 is 28.1. The molecule has 0 atom stereocenters. The molecule has 26 heavy (non-hydrogen) atoms. The van der Waals surface area contributed by atoms with Crippen LogP contribution in [0.3, 0.4) is 0 Å². The number of hydrogen-bond acceptors (Lipinski definition) is 3. The summed E-state index contributed by atoms with van der Waals surface area (Å²) in [5.41, 5.74) is 1.02. The Bertz CT molecular complexity index is 822. The number of benzene rings is 2. The summed E-state index contributed by atoms with van der Waals surface area (Å²) in [7, 11) is -3.77. The molecule has 0 aliphatic rings. The number of amides is 1. The van der Waals surface area contributed by atoms with E-state index in [1.807, 2.05) is 44.2 Å². The van der Waals surface area contributed by atoms with E-state index in [-0.39, 0.29) is 29.9 Å². The second kappa shape index (κ2) is 9.30. The van der Waals surface area contributed by atoms with Crippen LogP contribution in [0.15, 0.2) is 64.0 Å². The SMILES string of the molecule is CC(C)NC(=O)CN(CCc1ccccc1)S(=O)(=O)c1ccc(Br)cc1. The van der Waals surface area contributed by atoms with Gasteiger partial charge in [-0.2, -0.15) is 4.31 Å². The molecule has 0 radical (unpaired) electrons. The van der Waals surface area contributed by atoms with Gasteiger partial charge in [0.05, 0.1) is 11.4 Å². The summed E-state index contributed by atoms with van der Waals surface area (Å²) >= 11 is 3.31. The highest BCUT2D eigenvalue weighted by molar-refractivity contribution is 9.10. The minimum atomic E-state index is -3.77. The van der Waals surface area contributed by atoms with Crippen LogP contribution in [-0.4, -0.2) is 37.8 Å². The molecule has 0 saturated carbocycles. The molecule has 5 nitrogen and oxygen atoms in total. The van der Waals surface area contributed by atoms with Gasteiger partial charge >= 0.3 is 0 Å². The van der Waals surface area contributed by atoms with Gasteiger partial charge in [0.1, 0.15) is 0 Å². The third-order valence-electron chi connectivity index (χ3n) is 3.71. The molecule has 0 saturated heterocycles. The first kappa shape index (κ1) is 20.6. The quantitative estimate of drug-likeness (QED) is 0.687. The zero-order chi connectivity index (χ0) is 19.2. The van der Waals surface area contributed by atoms with Crippen LogP contribution in [0.2, 0.25) is 0 Å². The van der Waals surface area contributed by atoms with E-state index < -0.39 is 10.0 Å². The molecule has 7 heteroatoms. The average Bonchev–Trinajstić information content (AvgIpc) is 2.59. The van der Waals surface area contributed by atoms with Gasteiger partial charge in [-0.3, -0.25) is 4.79 Å². The van der Waals surface area contributed by atoms with Crippen molar-refractivity contribution in [1.82, 2.24) is 9.62 Å². The van der Waals surface area contributed by atoms with Crippen molar-refractivity contribution in [2.45, 2.75) is 31.2 Å². The maximum Gasteiger partial charge on any atom is 0.243 e. The van der Waals surface area contributed by atoms with E-state index in [1.54, 1.807) is 12.1 Å². The maximum atomic E-state index is 13.0. The lowest BCUT2D eigenvalue weighted by Gasteiger charge is -2.22. The van der Waals surface area contributed by atoms with E-state index in [0.29, 0.717) is 6.42 Å². The average molecular weight is 439 g/mol. The van der Waals surface area contributed by atoms with Crippen LogP contribution in [0.5, 0.6) is 0 Å². The number of sulfonamides is 1. The molecule has 0 aromatic heterocycles. The van der Waals surface area contributed by atoms with Gasteiger partial charge in [0.2, 0.25) is 15.9 Å². The molecule has 0 unspecified atom stereocenters. The Labute approximate surface area is 163 Å². The monoisotopic (exact) mass is 438 g/mol. The zero-order valence-electron chi connectivity index (χ0n) is 14.9. The van der Waals surface area contributed by atoms with Crippen LogP contribution in [-0.2, 0) is 21.2 Å². The van der Waals surface area contributed by atoms with Crippen LogP contribution < -0.4 is 5.32 Å². The third kappa shape index (κ3) is 5.93. The smallest absolute Gasteiger partial charge is 0.243 e. The Balaban J connectivity index is 2.23. The summed E-state index contributed by atoms with van der Waals surface area (Å²) in [6, 6.07) is 16.0. The minimum absolute atomic E-state index is 0.0474. The Morgan fingerprint density at radius 2 is 1.69 bits per heavy atom. The van der Waals surface area contributed by atoms with Crippen molar-refractivity contribution in [3.05, 3.63) is 64.6 Å². The summed E-state index contributed by atoms with van der Waals surface area (Å²) in [5, 5.41) is 2.75. The first-order valence-electron chi connectivity index (χ1n) is 8.38. The Morgan fingerprint density at radius 1 is 1.08 bits per heavy atom. The van der Waals surface area contributed by atoms with Crippen molar-refractivity contribution in [3.63, 3.8) is 0 Å². The number of carbonyl (C=O) groups is 1. The van der Waals surface area contributed by atoms with Gasteiger partial charge in [-0.15, -0.1) is 0 Å². The topological polar surface area (TPSA) is 66.5 Å². The van der Waals surface area contributed by atoms with Crippen molar-refractivity contribution in [2.24, 2.45) is 0 Å². The summed E-state index contributed by atoms with van der Waals surface area (Å²) in [5.74, 6) is -0.311. The van der Waals surface area contributed by atoms with Crippen molar-refractivity contribution in [3.8, 4) is 0 Å². The number of hydrogen-bond donors (Lipinski definition) is 1. The largest absolute Gasteiger partial charge is 0.353 e. The van der Waals surface area contributed by atoms with E-state index in [9.17, 15) is 13.2 Å². The molecular weight excluding hydrogens is 416 g/mol. The Hall–Kier alpha value is -1.70. The van der Waals surface area contributed by atoms with Crippen molar-refractivity contribution < 1.29 is 13.2 Å². The number of halogens is 1. The fourth-order valence-electron chi connectivity index (χ4n) is 2.47. The molecular formula is C19H23BrN2O3S. The lowest BCUT2D eigenvalue weighted by atomic mass is 10.1. The number of nitrogens with one attached hydrogen (secondary N) is 1. The first-order chi connectivity index (χ1) is 12.3.